The van der Waals surface area contributed by atoms with E-state index in [2.05, 4.69) is 16.0 Å². The van der Waals surface area contributed by atoms with Crippen LogP contribution in [-0.4, -0.2) is 29.0 Å². The van der Waals surface area contributed by atoms with Crippen molar-refractivity contribution in [2.24, 2.45) is 0 Å². The Labute approximate surface area is 70.3 Å². The minimum Gasteiger partial charge on any atom is -1.00 e. The lowest BCUT2D eigenvalue weighted by Crippen LogP contribution is -3.00. The number of thioether (sulfide) groups is 1. The van der Waals surface area contributed by atoms with Gasteiger partial charge < -0.3 is 17.0 Å². The third kappa shape index (κ3) is 2.92. The van der Waals surface area contributed by atoms with E-state index in [1.807, 2.05) is 11.8 Å². The number of nitrogens with zero attached hydrogens (tertiary/aromatic N) is 1. The Bertz CT molecular complexity index is 148. The Balaban J connectivity index is 0.000000640. The molecule has 0 spiro atoms. The summed E-state index contributed by atoms with van der Waals surface area (Å²) in [6.45, 7) is 1.89. The Morgan fingerprint density at radius 2 is 2.56 bits per heavy atom. The zero-order valence-corrected chi connectivity index (χ0v) is 7.41. The van der Waals surface area contributed by atoms with E-state index in [-0.39, 0.29) is 17.0 Å². The molecule has 9 heavy (non-hydrogen) atoms. The highest BCUT2D eigenvalue weighted by Gasteiger charge is 2.07. The van der Waals surface area contributed by atoms with Crippen molar-refractivity contribution in [3.05, 3.63) is 0 Å². The van der Waals surface area contributed by atoms with Gasteiger partial charge in [0.2, 0.25) is 6.54 Å². The molecule has 1 heterocycles. The zero-order valence-electron chi connectivity index (χ0n) is 5.01. The second-order valence-corrected chi connectivity index (χ2v) is 2.60. The van der Waals surface area contributed by atoms with E-state index < -0.39 is 0 Å². The van der Waals surface area contributed by atoms with Crippen molar-refractivity contribution in [1.29, 1.82) is 0 Å². The normalized spacial score (nSPS) is 15.7. The van der Waals surface area contributed by atoms with E-state index in [4.69, 9.17) is 6.42 Å². The fourth-order valence-corrected chi connectivity index (χ4v) is 1.45. The number of hydrogen-bond donors (Lipinski definition) is 0. The molecule has 1 aliphatic heterocycles. The highest BCUT2D eigenvalue weighted by molar-refractivity contribution is 8.12. The van der Waals surface area contributed by atoms with Crippen molar-refractivity contribution >= 4 is 17.3 Å². The number of terminal acetylenes is 1. The molecule has 50 valence electrons. The lowest BCUT2D eigenvalue weighted by Gasteiger charge is -1.84. The lowest BCUT2D eigenvalue weighted by atomic mass is 10.6. The van der Waals surface area contributed by atoms with Crippen molar-refractivity contribution in [2.75, 3.05) is 18.8 Å². The van der Waals surface area contributed by atoms with Crippen LogP contribution in [0.4, 0.5) is 0 Å². The van der Waals surface area contributed by atoms with Crippen molar-refractivity contribution in [3.63, 3.8) is 0 Å². The van der Waals surface area contributed by atoms with Gasteiger partial charge in [-0.15, -0.1) is 6.42 Å². The topological polar surface area (TPSA) is 3.01 Å². The lowest BCUT2D eigenvalue weighted by molar-refractivity contribution is -0.500. The summed E-state index contributed by atoms with van der Waals surface area (Å²) < 4.78 is 2.14. The van der Waals surface area contributed by atoms with Gasteiger partial charge in [-0.05, 0) is 5.92 Å². The zero-order chi connectivity index (χ0) is 5.82. The predicted molar refractivity (Wildman–Crippen MR) is 37.3 cm³/mol. The van der Waals surface area contributed by atoms with Crippen LogP contribution in [0.1, 0.15) is 0 Å². The molecule has 0 aliphatic carbocycles. The van der Waals surface area contributed by atoms with Crippen LogP contribution in [0.3, 0.4) is 0 Å². The van der Waals surface area contributed by atoms with Crippen molar-refractivity contribution < 1.29 is 21.6 Å². The van der Waals surface area contributed by atoms with E-state index in [0.717, 1.165) is 13.1 Å². The third-order valence-corrected chi connectivity index (χ3v) is 1.88. The van der Waals surface area contributed by atoms with Crippen molar-refractivity contribution in [1.82, 2.24) is 0 Å². The SMILES string of the molecule is C#CC[N+]1=CSCC1.[Br-]. The maximum Gasteiger partial charge on any atom is 0.203 e. The highest BCUT2D eigenvalue weighted by atomic mass is 79.9. The van der Waals surface area contributed by atoms with E-state index in [0.29, 0.717) is 0 Å². The summed E-state index contributed by atoms with van der Waals surface area (Å²) in [5.74, 6) is 3.79. The van der Waals surface area contributed by atoms with Gasteiger partial charge in [0.15, 0.2) is 12.1 Å². The Morgan fingerprint density at radius 1 is 1.78 bits per heavy atom. The summed E-state index contributed by atoms with van der Waals surface area (Å²) in [7, 11) is 0. The van der Waals surface area contributed by atoms with Crippen LogP contribution in [0.5, 0.6) is 0 Å². The van der Waals surface area contributed by atoms with E-state index in [1.54, 1.807) is 0 Å². The summed E-state index contributed by atoms with van der Waals surface area (Å²) in [5, 5.41) is 0. The molecule has 0 bridgehead atoms. The molecule has 0 N–H and O–H groups in total. The minimum absolute atomic E-state index is 0. The van der Waals surface area contributed by atoms with Gasteiger partial charge in [-0.25, -0.2) is 4.58 Å². The summed E-state index contributed by atoms with van der Waals surface area (Å²) in [5.41, 5.74) is 2.10. The van der Waals surface area contributed by atoms with E-state index in [1.165, 1.54) is 5.75 Å². The Morgan fingerprint density at radius 3 is 3.00 bits per heavy atom. The van der Waals surface area contributed by atoms with Crippen molar-refractivity contribution in [2.45, 2.75) is 0 Å². The van der Waals surface area contributed by atoms with Crippen LogP contribution in [0.25, 0.3) is 0 Å². The van der Waals surface area contributed by atoms with Crippen LogP contribution < -0.4 is 17.0 Å². The number of rotatable bonds is 1. The first-order valence-electron chi connectivity index (χ1n) is 2.56. The van der Waals surface area contributed by atoms with Gasteiger partial charge in [0.25, 0.3) is 0 Å². The van der Waals surface area contributed by atoms with Crippen LogP contribution in [-0.2, 0) is 0 Å². The molecule has 0 saturated heterocycles. The maximum absolute atomic E-state index is 5.09. The van der Waals surface area contributed by atoms with E-state index in [9.17, 15) is 0 Å². The molecule has 0 aromatic heterocycles. The average molecular weight is 206 g/mol. The summed E-state index contributed by atoms with van der Waals surface area (Å²) in [4.78, 5) is 0. The smallest absolute Gasteiger partial charge is 0.203 e. The third-order valence-electron chi connectivity index (χ3n) is 1.01. The molecule has 0 atom stereocenters. The first-order chi connectivity index (χ1) is 3.93. The molecule has 1 rings (SSSR count). The summed E-state index contributed by atoms with van der Waals surface area (Å²) in [6, 6.07) is 0. The molecule has 3 heteroatoms. The first kappa shape index (κ1) is 9.06. The largest absolute Gasteiger partial charge is 1.00 e. The molecular formula is C6H8BrNS. The minimum atomic E-state index is 0. The van der Waals surface area contributed by atoms with Crippen LogP contribution in [0, 0.1) is 12.3 Å². The Hall–Kier alpha value is 0.0600. The molecule has 0 unspecified atom stereocenters. The molecule has 0 aromatic rings. The van der Waals surface area contributed by atoms with Gasteiger partial charge in [-0.1, -0.05) is 11.8 Å². The standard InChI is InChI=1S/C6H8NS.BrH/c1-2-3-7-4-5-8-6-7;/h1,6H,3-5H2;1H/q+1;/p-1. The van der Waals surface area contributed by atoms with Gasteiger partial charge in [0.1, 0.15) is 0 Å². The maximum atomic E-state index is 5.09. The molecule has 0 radical (unpaired) electrons. The second kappa shape index (κ2) is 4.89. The van der Waals surface area contributed by atoms with Crippen LogP contribution >= 0.6 is 11.8 Å². The van der Waals surface area contributed by atoms with Gasteiger partial charge in [0.05, 0.1) is 5.75 Å². The van der Waals surface area contributed by atoms with Crippen LogP contribution in [0.15, 0.2) is 0 Å². The molecule has 0 amide bonds. The fraction of sp³-hybridized carbons (Fsp3) is 0.500. The monoisotopic (exact) mass is 205 g/mol. The average Bonchev–Trinajstić information content (AvgIpc) is 2.19. The first-order valence-corrected chi connectivity index (χ1v) is 3.61. The highest BCUT2D eigenvalue weighted by Crippen LogP contribution is 2.00. The molecule has 0 aromatic carbocycles. The van der Waals surface area contributed by atoms with Gasteiger partial charge in [-0.2, -0.15) is 0 Å². The molecule has 1 nitrogen and oxygen atoms in total. The summed E-state index contributed by atoms with van der Waals surface area (Å²) in [6.07, 6.45) is 5.09. The number of halogens is 1. The van der Waals surface area contributed by atoms with E-state index >= 15 is 0 Å². The van der Waals surface area contributed by atoms with Crippen LogP contribution in [0.2, 0.25) is 0 Å². The van der Waals surface area contributed by atoms with Crippen molar-refractivity contribution in [3.8, 4) is 12.3 Å². The fourth-order valence-electron chi connectivity index (χ4n) is 0.614. The second-order valence-electron chi connectivity index (χ2n) is 1.65. The number of hydrogen-bond acceptors (Lipinski definition) is 1. The summed E-state index contributed by atoms with van der Waals surface area (Å²) >= 11 is 1.83. The molecule has 0 saturated carbocycles. The Kier molecular flexibility index (Phi) is 4.93. The molecule has 0 fully saturated rings. The van der Waals surface area contributed by atoms with Gasteiger partial charge >= 0.3 is 0 Å². The predicted octanol–water partition coefficient (Wildman–Crippen LogP) is -2.59. The van der Waals surface area contributed by atoms with Gasteiger partial charge in [0, 0.05) is 0 Å². The molecular weight excluding hydrogens is 198 g/mol. The van der Waals surface area contributed by atoms with Gasteiger partial charge in [-0.3, -0.25) is 0 Å². The quantitative estimate of drug-likeness (QED) is 0.336. The molecule has 1 aliphatic rings.